The number of carbonyl (C=O) groups is 3. The molecule has 6 nitrogen and oxygen atoms in total. The van der Waals surface area contributed by atoms with Gasteiger partial charge in [0, 0.05) is 32.1 Å². The first-order chi connectivity index (χ1) is 10.5. The van der Waals surface area contributed by atoms with Gasteiger partial charge in [0.05, 0.1) is 12.7 Å². The summed E-state index contributed by atoms with van der Waals surface area (Å²) in [5.41, 5.74) is 0.898. The van der Waals surface area contributed by atoms with Crippen molar-refractivity contribution >= 4 is 23.5 Å². The van der Waals surface area contributed by atoms with Crippen LogP contribution in [-0.4, -0.2) is 42.9 Å². The van der Waals surface area contributed by atoms with Crippen LogP contribution in [0.3, 0.4) is 0 Å². The number of hydrogen-bond acceptors (Lipinski definition) is 4. The summed E-state index contributed by atoms with van der Waals surface area (Å²) in [5, 5.41) is 2.71. The molecule has 1 N–H and O–H groups in total. The quantitative estimate of drug-likeness (QED) is 0.782. The number of carbonyl (C=O) groups excluding carboxylic acids is 3. The highest BCUT2D eigenvalue weighted by Gasteiger charge is 2.11. The molecule has 0 unspecified atom stereocenters. The third-order valence-electron chi connectivity index (χ3n) is 3.12. The second-order valence-corrected chi connectivity index (χ2v) is 4.88. The average molecular weight is 306 g/mol. The Hall–Kier alpha value is -2.37. The maximum Gasteiger partial charge on any atom is 0.337 e. The number of nitrogens with one attached hydrogen (secondary N) is 1. The molecule has 0 heterocycles. The predicted octanol–water partition coefficient (Wildman–Crippen LogP) is 2.06. The van der Waals surface area contributed by atoms with Crippen molar-refractivity contribution in [1.29, 1.82) is 0 Å². The summed E-state index contributed by atoms with van der Waals surface area (Å²) in [6.07, 6.45) is 1.06. The van der Waals surface area contributed by atoms with Crippen LogP contribution in [-0.2, 0) is 14.3 Å². The van der Waals surface area contributed by atoms with Crippen molar-refractivity contribution in [3.8, 4) is 0 Å². The molecule has 0 saturated heterocycles. The van der Waals surface area contributed by atoms with Crippen LogP contribution in [0.4, 0.5) is 5.69 Å². The standard InChI is InChI=1S/C16H22N2O4/c1-4-9-18(12(2)19)10-8-15(20)17-14-7-5-6-13(11-14)16(21)22-3/h5-7,11H,4,8-10H2,1-3H3,(H,17,20). The third-order valence-corrected chi connectivity index (χ3v) is 3.12. The molecule has 1 aromatic rings. The molecule has 0 bridgehead atoms. The van der Waals surface area contributed by atoms with E-state index in [0.29, 0.717) is 24.3 Å². The van der Waals surface area contributed by atoms with E-state index in [4.69, 9.17) is 0 Å². The van der Waals surface area contributed by atoms with Gasteiger partial charge in [-0.15, -0.1) is 0 Å². The minimum Gasteiger partial charge on any atom is -0.465 e. The molecule has 0 fully saturated rings. The molecule has 6 heteroatoms. The normalized spacial score (nSPS) is 9.95. The number of nitrogens with zero attached hydrogens (tertiary/aromatic N) is 1. The molecule has 0 aliphatic carbocycles. The zero-order chi connectivity index (χ0) is 16.5. The lowest BCUT2D eigenvalue weighted by Gasteiger charge is -2.19. The summed E-state index contributed by atoms with van der Waals surface area (Å²) in [5.74, 6) is -0.700. The molecule has 22 heavy (non-hydrogen) atoms. The number of amides is 2. The second kappa shape index (κ2) is 8.81. The third kappa shape index (κ3) is 5.55. The van der Waals surface area contributed by atoms with Gasteiger partial charge in [-0.2, -0.15) is 0 Å². The molecule has 0 radical (unpaired) electrons. The summed E-state index contributed by atoms with van der Waals surface area (Å²) < 4.78 is 4.63. The van der Waals surface area contributed by atoms with E-state index >= 15 is 0 Å². The molecular weight excluding hydrogens is 284 g/mol. The molecule has 0 atom stereocenters. The Morgan fingerprint density at radius 2 is 1.95 bits per heavy atom. The van der Waals surface area contributed by atoms with Crippen molar-refractivity contribution in [2.75, 3.05) is 25.5 Å². The van der Waals surface area contributed by atoms with E-state index in [2.05, 4.69) is 10.1 Å². The van der Waals surface area contributed by atoms with E-state index in [1.807, 2.05) is 6.92 Å². The summed E-state index contributed by atoms with van der Waals surface area (Å²) in [6.45, 7) is 4.49. The fourth-order valence-corrected chi connectivity index (χ4v) is 2.00. The monoisotopic (exact) mass is 306 g/mol. The Morgan fingerprint density at radius 3 is 2.55 bits per heavy atom. The van der Waals surface area contributed by atoms with Gasteiger partial charge < -0.3 is 15.0 Å². The van der Waals surface area contributed by atoms with E-state index in [1.54, 1.807) is 29.2 Å². The van der Waals surface area contributed by atoms with Crippen molar-refractivity contribution in [2.45, 2.75) is 26.7 Å². The molecular formula is C16H22N2O4. The molecule has 1 rings (SSSR count). The van der Waals surface area contributed by atoms with Gasteiger partial charge in [0.15, 0.2) is 0 Å². The van der Waals surface area contributed by atoms with Crippen molar-refractivity contribution in [1.82, 2.24) is 4.90 Å². The van der Waals surface area contributed by atoms with Crippen LogP contribution in [0, 0.1) is 0 Å². The minimum absolute atomic E-state index is 0.0395. The minimum atomic E-state index is -0.457. The number of esters is 1. The molecule has 0 spiro atoms. The maximum absolute atomic E-state index is 11.9. The van der Waals surface area contributed by atoms with Crippen LogP contribution in [0.15, 0.2) is 24.3 Å². The van der Waals surface area contributed by atoms with Gasteiger partial charge in [-0.05, 0) is 24.6 Å². The fraction of sp³-hybridized carbons (Fsp3) is 0.438. The molecule has 1 aromatic carbocycles. The highest BCUT2D eigenvalue weighted by molar-refractivity contribution is 5.94. The van der Waals surface area contributed by atoms with Crippen LogP contribution in [0.1, 0.15) is 37.0 Å². The largest absolute Gasteiger partial charge is 0.465 e. The van der Waals surface area contributed by atoms with Crippen LogP contribution >= 0.6 is 0 Å². The lowest BCUT2D eigenvalue weighted by molar-refractivity contribution is -0.129. The van der Waals surface area contributed by atoms with Crippen molar-refractivity contribution in [2.24, 2.45) is 0 Å². The highest BCUT2D eigenvalue weighted by Crippen LogP contribution is 2.12. The molecule has 2 amide bonds. The number of methoxy groups -OCH3 is 1. The van der Waals surface area contributed by atoms with Crippen molar-refractivity contribution in [3.05, 3.63) is 29.8 Å². The molecule has 0 saturated carbocycles. The number of benzene rings is 1. The maximum atomic E-state index is 11.9. The Bertz CT molecular complexity index is 543. The van der Waals surface area contributed by atoms with Crippen LogP contribution in [0.25, 0.3) is 0 Å². The Labute approximate surface area is 130 Å². The number of anilines is 1. The Balaban J connectivity index is 2.58. The van der Waals surface area contributed by atoms with Gasteiger partial charge in [0.2, 0.25) is 11.8 Å². The Kier molecular flexibility index (Phi) is 7.08. The van der Waals surface area contributed by atoms with Gasteiger partial charge in [-0.1, -0.05) is 13.0 Å². The molecule has 120 valence electrons. The van der Waals surface area contributed by atoms with E-state index in [9.17, 15) is 14.4 Å². The van der Waals surface area contributed by atoms with Crippen molar-refractivity contribution < 1.29 is 19.1 Å². The second-order valence-electron chi connectivity index (χ2n) is 4.88. The zero-order valence-electron chi connectivity index (χ0n) is 13.2. The fourth-order valence-electron chi connectivity index (χ4n) is 2.00. The van der Waals surface area contributed by atoms with Crippen LogP contribution < -0.4 is 5.32 Å². The van der Waals surface area contributed by atoms with E-state index in [0.717, 1.165) is 6.42 Å². The topological polar surface area (TPSA) is 75.7 Å². The van der Waals surface area contributed by atoms with Gasteiger partial charge in [0.25, 0.3) is 0 Å². The summed E-state index contributed by atoms with van der Waals surface area (Å²) in [7, 11) is 1.30. The van der Waals surface area contributed by atoms with Gasteiger partial charge in [0.1, 0.15) is 0 Å². The summed E-state index contributed by atoms with van der Waals surface area (Å²) >= 11 is 0. The van der Waals surface area contributed by atoms with E-state index < -0.39 is 5.97 Å². The van der Waals surface area contributed by atoms with Gasteiger partial charge >= 0.3 is 5.97 Å². The molecule has 0 aliphatic heterocycles. The van der Waals surface area contributed by atoms with E-state index in [-0.39, 0.29) is 18.2 Å². The predicted molar refractivity (Wildman–Crippen MR) is 83.6 cm³/mol. The van der Waals surface area contributed by atoms with Crippen LogP contribution in [0.5, 0.6) is 0 Å². The van der Waals surface area contributed by atoms with E-state index in [1.165, 1.54) is 14.0 Å². The number of ether oxygens (including phenoxy) is 1. The van der Waals surface area contributed by atoms with Gasteiger partial charge in [-0.25, -0.2) is 4.79 Å². The lowest BCUT2D eigenvalue weighted by atomic mass is 10.2. The van der Waals surface area contributed by atoms with Gasteiger partial charge in [-0.3, -0.25) is 9.59 Å². The first-order valence-corrected chi connectivity index (χ1v) is 7.21. The van der Waals surface area contributed by atoms with Crippen LogP contribution in [0.2, 0.25) is 0 Å². The summed E-state index contributed by atoms with van der Waals surface area (Å²) in [4.78, 5) is 36.4. The number of rotatable bonds is 7. The molecule has 0 aromatic heterocycles. The first kappa shape index (κ1) is 17.7. The lowest BCUT2D eigenvalue weighted by Crippen LogP contribution is -2.32. The summed E-state index contributed by atoms with van der Waals surface area (Å²) in [6, 6.07) is 6.53. The van der Waals surface area contributed by atoms with Crippen molar-refractivity contribution in [3.63, 3.8) is 0 Å². The molecule has 0 aliphatic rings. The highest BCUT2D eigenvalue weighted by atomic mass is 16.5. The first-order valence-electron chi connectivity index (χ1n) is 7.21. The Morgan fingerprint density at radius 1 is 1.23 bits per heavy atom. The number of hydrogen-bond donors (Lipinski definition) is 1. The average Bonchev–Trinajstić information content (AvgIpc) is 2.50. The smallest absolute Gasteiger partial charge is 0.337 e. The zero-order valence-corrected chi connectivity index (χ0v) is 13.2. The SMILES string of the molecule is CCCN(CCC(=O)Nc1cccc(C(=O)OC)c1)C(C)=O.